The molecule has 1 aliphatic carbocycles. The lowest BCUT2D eigenvalue weighted by Gasteiger charge is -2.26. The Labute approximate surface area is 176 Å². The molecule has 0 unspecified atom stereocenters. The Hall–Kier alpha value is -3.66. The zero-order valence-electron chi connectivity index (χ0n) is 16.6. The molecule has 2 N–H and O–H groups in total. The number of benzene rings is 2. The minimum absolute atomic E-state index is 0.124. The highest BCUT2D eigenvalue weighted by molar-refractivity contribution is 6.04. The van der Waals surface area contributed by atoms with Crippen molar-refractivity contribution in [3.05, 3.63) is 95.8 Å². The molecule has 1 saturated carbocycles. The molecule has 0 saturated heterocycles. The number of aromatic nitrogens is 1. The van der Waals surface area contributed by atoms with Gasteiger partial charge in [-0.3, -0.25) is 9.78 Å². The monoisotopic (exact) mass is 393 g/mol. The largest absolute Gasteiger partial charge is 0.361 e. The van der Waals surface area contributed by atoms with Gasteiger partial charge in [-0.1, -0.05) is 36.8 Å². The highest BCUT2D eigenvalue weighted by Crippen LogP contribution is 2.36. The van der Waals surface area contributed by atoms with Gasteiger partial charge in [-0.2, -0.15) is 0 Å². The zero-order valence-corrected chi connectivity index (χ0v) is 16.6. The average molecular weight is 393 g/mol. The van der Waals surface area contributed by atoms with E-state index >= 15 is 0 Å². The molecule has 1 aliphatic heterocycles. The number of nitrogens with zero attached hydrogens (tertiary/aromatic N) is 1. The minimum atomic E-state index is -0.124. The van der Waals surface area contributed by atoms with Crippen molar-refractivity contribution < 1.29 is 4.79 Å². The first-order valence-corrected chi connectivity index (χ1v) is 10.4. The lowest BCUT2D eigenvalue weighted by Crippen LogP contribution is -2.13. The summed E-state index contributed by atoms with van der Waals surface area (Å²) in [5.74, 6) is 0.553. The van der Waals surface area contributed by atoms with Crippen molar-refractivity contribution in [1.82, 2.24) is 4.98 Å². The second kappa shape index (κ2) is 7.99. The second-order valence-electron chi connectivity index (χ2n) is 7.80. The molecule has 1 aromatic heterocycles. The zero-order chi connectivity index (χ0) is 20.3. The van der Waals surface area contributed by atoms with Crippen molar-refractivity contribution >= 4 is 23.4 Å². The van der Waals surface area contributed by atoms with Crippen molar-refractivity contribution in [2.45, 2.75) is 19.3 Å². The van der Waals surface area contributed by atoms with Crippen LogP contribution in [0.15, 0.2) is 84.7 Å². The molecule has 0 atom stereocenters. The molecule has 0 radical (unpaired) electrons. The van der Waals surface area contributed by atoms with E-state index in [9.17, 15) is 4.79 Å². The van der Waals surface area contributed by atoms with Gasteiger partial charge in [-0.25, -0.2) is 0 Å². The normalized spacial score (nSPS) is 15.3. The number of fused-ring (bicyclic) bond motifs is 1. The van der Waals surface area contributed by atoms with Crippen LogP contribution in [0, 0.1) is 5.92 Å². The Kier molecular flexibility index (Phi) is 4.89. The molecule has 2 heterocycles. The molecule has 148 valence electrons. The number of hydrogen-bond acceptors (Lipinski definition) is 3. The first-order valence-electron chi connectivity index (χ1n) is 10.4. The maximum atomic E-state index is 12.7. The first-order chi connectivity index (χ1) is 14.8. The number of rotatable bonds is 4. The van der Waals surface area contributed by atoms with Gasteiger partial charge in [0.05, 0.1) is 5.69 Å². The number of nitrogens with one attached hydrogen (secondary N) is 2. The van der Waals surface area contributed by atoms with Crippen LogP contribution in [0.5, 0.6) is 0 Å². The summed E-state index contributed by atoms with van der Waals surface area (Å²) in [6.07, 6.45) is 12.1. The van der Waals surface area contributed by atoms with Crippen molar-refractivity contribution in [3.8, 4) is 11.3 Å². The standard InChI is InChI=1S/C26H23N3O/c30-26(20-9-7-19(8-10-20)24-6-1-2-15-27-24)29-23-13-14-25-21(16-23)11-12-22(17-28-25)18-4-3-5-18/h1-2,6-18,28H,3-5H2,(H,29,30). The maximum Gasteiger partial charge on any atom is 0.255 e. The summed E-state index contributed by atoms with van der Waals surface area (Å²) in [5, 5.41) is 6.43. The smallest absolute Gasteiger partial charge is 0.255 e. The van der Waals surface area contributed by atoms with Crippen LogP contribution in [-0.2, 0) is 0 Å². The number of carbonyl (C=O) groups excluding carboxylic acids is 1. The number of anilines is 2. The molecular weight excluding hydrogens is 370 g/mol. The summed E-state index contributed by atoms with van der Waals surface area (Å²) in [7, 11) is 0. The van der Waals surface area contributed by atoms with Gasteiger partial charge < -0.3 is 10.6 Å². The molecule has 1 amide bonds. The third-order valence-electron chi connectivity index (χ3n) is 5.84. The summed E-state index contributed by atoms with van der Waals surface area (Å²) in [5.41, 5.74) is 6.77. The summed E-state index contributed by atoms with van der Waals surface area (Å²) in [6.45, 7) is 0. The first kappa shape index (κ1) is 18.4. The Morgan fingerprint density at radius 2 is 1.87 bits per heavy atom. The molecule has 3 aromatic rings. The number of allylic oxidation sites excluding steroid dienone is 2. The van der Waals surface area contributed by atoms with Gasteiger partial charge in [0.15, 0.2) is 0 Å². The minimum Gasteiger partial charge on any atom is -0.361 e. The fraction of sp³-hybridized carbons (Fsp3) is 0.154. The van der Waals surface area contributed by atoms with E-state index in [1.54, 1.807) is 6.20 Å². The second-order valence-corrected chi connectivity index (χ2v) is 7.80. The number of hydrogen-bond donors (Lipinski definition) is 2. The van der Waals surface area contributed by atoms with Gasteiger partial charge in [0.1, 0.15) is 0 Å². The fourth-order valence-corrected chi connectivity index (χ4v) is 3.83. The van der Waals surface area contributed by atoms with Gasteiger partial charge in [0.2, 0.25) is 0 Å². The van der Waals surface area contributed by atoms with Crippen molar-refractivity contribution in [3.63, 3.8) is 0 Å². The predicted octanol–water partition coefficient (Wildman–Crippen LogP) is 6.12. The molecule has 30 heavy (non-hydrogen) atoms. The van der Waals surface area contributed by atoms with E-state index in [0.717, 1.165) is 28.2 Å². The van der Waals surface area contributed by atoms with Crippen LogP contribution in [0.2, 0.25) is 0 Å². The quantitative estimate of drug-likeness (QED) is 0.561. The summed E-state index contributed by atoms with van der Waals surface area (Å²) in [6, 6.07) is 19.3. The van der Waals surface area contributed by atoms with Gasteiger partial charge in [0.25, 0.3) is 5.91 Å². The average Bonchev–Trinajstić information content (AvgIpc) is 2.96. The summed E-state index contributed by atoms with van der Waals surface area (Å²) >= 11 is 0. The predicted molar refractivity (Wildman–Crippen MR) is 122 cm³/mol. The molecule has 1 fully saturated rings. The van der Waals surface area contributed by atoms with E-state index in [2.05, 4.69) is 34.0 Å². The Bertz CT molecular complexity index is 1130. The van der Waals surface area contributed by atoms with E-state index < -0.39 is 0 Å². The molecular formula is C26H23N3O. The lowest BCUT2D eigenvalue weighted by molar-refractivity contribution is 0.102. The van der Waals surface area contributed by atoms with Crippen LogP contribution >= 0.6 is 0 Å². The van der Waals surface area contributed by atoms with Crippen LogP contribution in [0.3, 0.4) is 0 Å². The van der Waals surface area contributed by atoms with Crippen molar-refractivity contribution in [2.24, 2.45) is 5.92 Å². The van der Waals surface area contributed by atoms with Crippen LogP contribution in [0.4, 0.5) is 11.4 Å². The Morgan fingerprint density at radius 3 is 2.60 bits per heavy atom. The van der Waals surface area contributed by atoms with Crippen LogP contribution in [0.25, 0.3) is 17.3 Å². The molecule has 2 aliphatic rings. The molecule has 0 bridgehead atoms. The van der Waals surface area contributed by atoms with Gasteiger partial charge in [-0.05, 0) is 72.4 Å². The van der Waals surface area contributed by atoms with Crippen LogP contribution < -0.4 is 10.6 Å². The fourth-order valence-electron chi connectivity index (χ4n) is 3.83. The van der Waals surface area contributed by atoms with Gasteiger partial charge >= 0.3 is 0 Å². The van der Waals surface area contributed by atoms with E-state index in [-0.39, 0.29) is 5.91 Å². The van der Waals surface area contributed by atoms with E-state index in [4.69, 9.17) is 0 Å². The lowest BCUT2D eigenvalue weighted by atomic mass is 9.80. The summed E-state index contributed by atoms with van der Waals surface area (Å²) < 4.78 is 0. The van der Waals surface area contributed by atoms with E-state index in [1.807, 2.05) is 60.7 Å². The molecule has 0 spiro atoms. The highest BCUT2D eigenvalue weighted by atomic mass is 16.1. The topological polar surface area (TPSA) is 54.0 Å². The number of carbonyl (C=O) groups is 1. The van der Waals surface area contributed by atoms with E-state index in [1.165, 1.54) is 24.8 Å². The van der Waals surface area contributed by atoms with Crippen LogP contribution in [-0.4, -0.2) is 10.9 Å². The molecule has 5 rings (SSSR count). The maximum absolute atomic E-state index is 12.7. The van der Waals surface area contributed by atoms with Gasteiger partial charge in [-0.15, -0.1) is 0 Å². The number of pyridine rings is 1. The molecule has 4 nitrogen and oxygen atoms in total. The highest BCUT2D eigenvalue weighted by Gasteiger charge is 2.21. The SMILES string of the molecule is O=C(Nc1ccc2c(c1)C=CC(C1CCC1)=CN2)c1ccc(-c2ccccn2)cc1. The third kappa shape index (κ3) is 3.77. The van der Waals surface area contributed by atoms with Crippen LogP contribution in [0.1, 0.15) is 35.2 Å². The Morgan fingerprint density at radius 1 is 1.00 bits per heavy atom. The summed E-state index contributed by atoms with van der Waals surface area (Å²) in [4.78, 5) is 17.1. The third-order valence-corrected chi connectivity index (χ3v) is 5.84. The van der Waals surface area contributed by atoms with Crippen molar-refractivity contribution in [2.75, 3.05) is 10.6 Å². The Balaban J connectivity index is 1.30. The van der Waals surface area contributed by atoms with Gasteiger partial charge in [0, 0.05) is 34.9 Å². The molecule has 4 heteroatoms. The van der Waals surface area contributed by atoms with Crippen molar-refractivity contribution in [1.29, 1.82) is 0 Å². The van der Waals surface area contributed by atoms with E-state index in [0.29, 0.717) is 11.5 Å². The molecule has 2 aromatic carbocycles. The number of amides is 1.